The van der Waals surface area contributed by atoms with E-state index in [0.29, 0.717) is 22.2 Å². The highest BCUT2D eigenvalue weighted by molar-refractivity contribution is 7.22. The molecule has 8 nitrogen and oxygen atoms in total. The average molecular weight is 435 g/mol. The van der Waals surface area contributed by atoms with Gasteiger partial charge in [0.25, 0.3) is 11.6 Å². The summed E-state index contributed by atoms with van der Waals surface area (Å²) < 4.78 is 11.6. The molecule has 0 N–H and O–H groups in total. The van der Waals surface area contributed by atoms with Gasteiger partial charge in [0.2, 0.25) is 0 Å². The lowest BCUT2D eigenvalue weighted by atomic mass is 10.2. The van der Waals surface area contributed by atoms with Gasteiger partial charge >= 0.3 is 0 Å². The Morgan fingerprint density at radius 1 is 1.26 bits per heavy atom. The molecule has 0 fully saturated rings. The molecule has 31 heavy (non-hydrogen) atoms. The molecular weight excluding hydrogens is 418 g/mol. The van der Waals surface area contributed by atoms with Crippen LogP contribution in [0.3, 0.4) is 0 Å². The highest BCUT2D eigenvalue weighted by Crippen LogP contribution is 2.32. The van der Waals surface area contributed by atoms with Gasteiger partial charge in [0.05, 0.1) is 35.1 Å². The average Bonchev–Trinajstić information content (AvgIpc) is 3.44. The van der Waals surface area contributed by atoms with Gasteiger partial charge in [-0.15, -0.1) is 0 Å². The van der Waals surface area contributed by atoms with Crippen molar-refractivity contribution in [2.45, 2.75) is 6.54 Å². The minimum atomic E-state index is -0.474. The summed E-state index contributed by atoms with van der Waals surface area (Å²) in [4.78, 5) is 29.7. The van der Waals surface area contributed by atoms with Gasteiger partial charge in [0.15, 0.2) is 5.13 Å². The van der Waals surface area contributed by atoms with Crippen LogP contribution in [0.1, 0.15) is 11.3 Å². The van der Waals surface area contributed by atoms with Crippen LogP contribution in [0.25, 0.3) is 16.3 Å². The third kappa shape index (κ3) is 4.62. The van der Waals surface area contributed by atoms with Crippen molar-refractivity contribution in [3.05, 3.63) is 88.4 Å². The predicted molar refractivity (Wildman–Crippen MR) is 118 cm³/mol. The predicted octanol–water partition coefficient (Wildman–Crippen LogP) is 5.05. The second kappa shape index (κ2) is 8.80. The van der Waals surface area contributed by atoms with E-state index in [-0.39, 0.29) is 18.1 Å². The maximum Gasteiger partial charge on any atom is 0.270 e. The number of thiazole rings is 1. The molecule has 2 aromatic carbocycles. The van der Waals surface area contributed by atoms with Crippen molar-refractivity contribution < 1.29 is 18.9 Å². The Morgan fingerprint density at radius 3 is 2.87 bits per heavy atom. The number of nitro groups is 1. The van der Waals surface area contributed by atoms with E-state index >= 15 is 0 Å². The zero-order valence-corrected chi connectivity index (χ0v) is 17.2. The number of carbonyl (C=O) groups is 1. The number of benzene rings is 2. The van der Waals surface area contributed by atoms with Gasteiger partial charge < -0.3 is 9.15 Å². The van der Waals surface area contributed by atoms with Gasteiger partial charge in [-0.1, -0.05) is 23.5 Å². The number of hydrogen-bond acceptors (Lipinski definition) is 7. The minimum absolute atomic E-state index is 0.0397. The molecule has 0 bridgehead atoms. The number of hydrogen-bond donors (Lipinski definition) is 0. The molecule has 0 unspecified atom stereocenters. The molecule has 2 aromatic heterocycles. The molecule has 0 aliphatic rings. The van der Waals surface area contributed by atoms with Gasteiger partial charge in [0, 0.05) is 24.3 Å². The molecule has 0 spiro atoms. The number of nitro benzene ring substituents is 1. The van der Waals surface area contributed by atoms with Crippen LogP contribution in [0, 0.1) is 10.1 Å². The number of nitrogens with zero attached hydrogens (tertiary/aromatic N) is 3. The van der Waals surface area contributed by atoms with Gasteiger partial charge in [-0.25, -0.2) is 4.98 Å². The third-order valence-corrected chi connectivity index (χ3v) is 5.53. The minimum Gasteiger partial charge on any atom is -0.497 e. The number of carbonyl (C=O) groups excluding carboxylic acids is 1. The van der Waals surface area contributed by atoms with Crippen LogP contribution < -0.4 is 9.64 Å². The fraction of sp³-hybridized carbons (Fsp3) is 0.0909. The second-order valence-electron chi connectivity index (χ2n) is 6.52. The summed E-state index contributed by atoms with van der Waals surface area (Å²) in [6.45, 7) is 0.196. The lowest BCUT2D eigenvalue weighted by Crippen LogP contribution is -2.28. The van der Waals surface area contributed by atoms with E-state index in [1.165, 1.54) is 34.4 Å². The molecule has 4 rings (SSSR count). The first-order valence-electron chi connectivity index (χ1n) is 9.24. The number of rotatable bonds is 7. The topological polar surface area (TPSA) is 98.7 Å². The molecule has 1 amide bonds. The zero-order chi connectivity index (χ0) is 21.8. The Morgan fingerprint density at radius 2 is 2.13 bits per heavy atom. The molecule has 0 aliphatic heterocycles. The smallest absolute Gasteiger partial charge is 0.270 e. The third-order valence-electron chi connectivity index (χ3n) is 4.47. The Labute approximate surface area is 181 Å². The van der Waals surface area contributed by atoms with Crippen LogP contribution >= 0.6 is 11.3 Å². The van der Waals surface area contributed by atoms with Crippen molar-refractivity contribution in [3.8, 4) is 5.75 Å². The maximum atomic E-state index is 13.1. The number of amides is 1. The number of furan rings is 1. The van der Waals surface area contributed by atoms with Gasteiger partial charge in [-0.2, -0.15) is 0 Å². The van der Waals surface area contributed by atoms with E-state index in [9.17, 15) is 14.9 Å². The Balaban J connectivity index is 1.65. The van der Waals surface area contributed by atoms with E-state index in [1.54, 1.807) is 43.7 Å². The van der Waals surface area contributed by atoms with E-state index in [0.717, 1.165) is 10.2 Å². The van der Waals surface area contributed by atoms with Gasteiger partial charge in [-0.3, -0.25) is 19.8 Å². The second-order valence-corrected chi connectivity index (χ2v) is 7.53. The molecule has 2 heterocycles. The molecule has 0 saturated carbocycles. The summed E-state index contributed by atoms with van der Waals surface area (Å²) >= 11 is 1.38. The summed E-state index contributed by atoms with van der Waals surface area (Å²) in [6.07, 6.45) is 4.45. The van der Waals surface area contributed by atoms with E-state index < -0.39 is 4.92 Å². The molecule has 0 radical (unpaired) electrons. The number of ether oxygens (including phenoxy) is 1. The van der Waals surface area contributed by atoms with E-state index in [1.807, 2.05) is 18.2 Å². The van der Waals surface area contributed by atoms with Crippen LogP contribution in [0.4, 0.5) is 10.8 Å². The number of methoxy groups -OCH3 is 1. The fourth-order valence-corrected chi connectivity index (χ4v) is 3.89. The number of fused-ring (bicyclic) bond motifs is 1. The van der Waals surface area contributed by atoms with Crippen molar-refractivity contribution in [2.75, 3.05) is 12.0 Å². The van der Waals surface area contributed by atoms with E-state index in [4.69, 9.17) is 9.15 Å². The maximum absolute atomic E-state index is 13.1. The molecule has 0 aliphatic carbocycles. The van der Waals surface area contributed by atoms with Crippen molar-refractivity contribution in [1.82, 2.24) is 4.98 Å². The summed E-state index contributed by atoms with van der Waals surface area (Å²) in [5.41, 5.74) is 1.23. The Kier molecular flexibility index (Phi) is 5.76. The lowest BCUT2D eigenvalue weighted by Gasteiger charge is -2.16. The van der Waals surface area contributed by atoms with Gasteiger partial charge in [0.1, 0.15) is 11.5 Å². The molecule has 9 heteroatoms. The Bertz CT molecular complexity index is 1260. The first-order chi connectivity index (χ1) is 15.0. The van der Waals surface area contributed by atoms with Gasteiger partial charge in [-0.05, 0) is 35.9 Å². The standard InChI is InChI=1S/C22H17N3O5S/c1-29-17-8-9-20-19(13-17)23-22(31-20)24(14-18-6-3-11-30-18)21(26)10-7-15-4-2-5-16(12-15)25(27)28/h2-13H,14H2,1H3/b10-7+. The SMILES string of the molecule is COc1ccc2sc(N(Cc3ccco3)C(=O)/C=C/c3cccc([N+](=O)[O-])c3)nc2c1. The largest absolute Gasteiger partial charge is 0.497 e. The summed E-state index contributed by atoms with van der Waals surface area (Å²) in [7, 11) is 1.58. The number of anilines is 1. The first-order valence-corrected chi connectivity index (χ1v) is 10.1. The van der Waals surface area contributed by atoms with Crippen molar-refractivity contribution in [1.29, 1.82) is 0 Å². The highest BCUT2D eigenvalue weighted by Gasteiger charge is 2.20. The molecular formula is C22H17N3O5S. The molecule has 156 valence electrons. The summed E-state index contributed by atoms with van der Waals surface area (Å²) in [5, 5.41) is 11.5. The van der Waals surface area contributed by atoms with Crippen LogP contribution in [0.2, 0.25) is 0 Å². The highest BCUT2D eigenvalue weighted by atomic mass is 32.1. The Hall–Kier alpha value is -3.98. The van der Waals surface area contributed by atoms with Crippen LogP contribution in [-0.4, -0.2) is 22.9 Å². The quantitative estimate of drug-likeness (QED) is 0.229. The van der Waals surface area contributed by atoms with Crippen LogP contribution in [0.15, 0.2) is 71.4 Å². The number of non-ortho nitro benzene ring substituents is 1. The lowest BCUT2D eigenvalue weighted by molar-refractivity contribution is -0.384. The van der Waals surface area contributed by atoms with Crippen molar-refractivity contribution in [2.24, 2.45) is 0 Å². The number of aromatic nitrogens is 1. The van der Waals surface area contributed by atoms with Crippen molar-refractivity contribution >= 4 is 44.4 Å². The summed E-state index contributed by atoms with van der Waals surface area (Å²) in [5.74, 6) is 0.960. The first kappa shape index (κ1) is 20.3. The molecule has 4 aromatic rings. The van der Waals surface area contributed by atoms with Crippen LogP contribution in [0.5, 0.6) is 5.75 Å². The molecule has 0 saturated heterocycles. The fourth-order valence-electron chi connectivity index (χ4n) is 2.94. The van der Waals surface area contributed by atoms with Crippen molar-refractivity contribution in [3.63, 3.8) is 0 Å². The zero-order valence-electron chi connectivity index (χ0n) is 16.4. The monoisotopic (exact) mass is 435 g/mol. The van der Waals surface area contributed by atoms with E-state index in [2.05, 4.69) is 4.98 Å². The normalized spacial score (nSPS) is 11.1. The molecule has 0 atom stereocenters. The summed E-state index contributed by atoms with van der Waals surface area (Å²) in [6, 6.07) is 15.1. The van der Waals surface area contributed by atoms with Crippen LogP contribution in [-0.2, 0) is 11.3 Å².